The summed E-state index contributed by atoms with van der Waals surface area (Å²) in [7, 11) is 1.07. The van der Waals surface area contributed by atoms with E-state index in [4.69, 9.17) is 0 Å². The van der Waals surface area contributed by atoms with Crippen LogP contribution in [0.4, 0.5) is 0 Å². The van der Waals surface area contributed by atoms with Crippen LogP contribution in [0.15, 0.2) is 53.4 Å². The number of amides is 1. The molecule has 0 atom stereocenters. The quantitative estimate of drug-likeness (QED) is 0.659. The summed E-state index contributed by atoms with van der Waals surface area (Å²) in [5.41, 5.74) is 2.10. The first-order valence-electron chi connectivity index (χ1n) is 8.70. The topological polar surface area (TPSA) is 83.5 Å². The van der Waals surface area contributed by atoms with E-state index in [1.54, 1.807) is 7.05 Å². The molecule has 3 aromatic rings. The van der Waals surface area contributed by atoms with Crippen molar-refractivity contribution in [2.45, 2.75) is 18.4 Å². The van der Waals surface area contributed by atoms with Crippen LogP contribution in [-0.4, -0.2) is 54.6 Å². The molecule has 0 aliphatic rings. The summed E-state index contributed by atoms with van der Waals surface area (Å²) in [6.07, 6.45) is 0. The van der Waals surface area contributed by atoms with E-state index in [1.807, 2.05) is 31.2 Å². The zero-order valence-electron chi connectivity index (χ0n) is 16.2. The van der Waals surface area contributed by atoms with Crippen LogP contribution in [0.5, 0.6) is 0 Å². The Kier molecular flexibility index (Phi) is 5.44. The lowest BCUT2D eigenvalue weighted by atomic mass is 10.2. The number of rotatable bonds is 5. The largest absolute Gasteiger partial charge is 0.334 e. The zero-order valence-corrected chi connectivity index (χ0v) is 17.1. The molecule has 7 nitrogen and oxygen atoms in total. The first kappa shape index (κ1) is 19.9. The van der Waals surface area contributed by atoms with E-state index in [1.165, 1.54) is 43.3 Å². The molecule has 0 bridgehead atoms. The van der Waals surface area contributed by atoms with E-state index in [0.29, 0.717) is 11.4 Å². The third kappa shape index (κ3) is 3.88. The van der Waals surface area contributed by atoms with Gasteiger partial charge in [0, 0.05) is 37.8 Å². The maximum atomic E-state index is 12.7. The first-order chi connectivity index (χ1) is 13.2. The van der Waals surface area contributed by atoms with Crippen LogP contribution in [0, 0.1) is 6.92 Å². The molecule has 0 spiro atoms. The van der Waals surface area contributed by atoms with Gasteiger partial charge in [-0.2, -0.15) is 0 Å². The standard InChI is InChI=1S/C20H22N4O3S/c1-14-17-7-5-6-8-18(17)22-19(21-14)13-24(4)20(25)15-9-11-16(12-10-15)28(26,27)23(2)3/h5-12H,13H2,1-4H3. The average molecular weight is 398 g/mol. The van der Waals surface area contributed by atoms with Crippen LogP contribution < -0.4 is 0 Å². The Morgan fingerprint density at radius 1 is 0.964 bits per heavy atom. The Hall–Kier alpha value is -2.84. The molecule has 1 aromatic heterocycles. The molecule has 1 amide bonds. The van der Waals surface area contributed by atoms with E-state index in [2.05, 4.69) is 9.97 Å². The lowest BCUT2D eigenvalue weighted by Crippen LogP contribution is -2.27. The minimum absolute atomic E-state index is 0.144. The van der Waals surface area contributed by atoms with Gasteiger partial charge in [0.25, 0.3) is 5.91 Å². The summed E-state index contributed by atoms with van der Waals surface area (Å²) in [6, 6.07) is 13.6. The number of aromatic nitrogens is 2. The number of benzene rings is 2. The summed E-state index contributed by atoms with van der Waals surface area (Å²) >= 11 is 0. The normalized spacial score (nSPS) is 11.8. The third-order valence-corrected chi connectivity index (χ3v) is 6.27. The van der Waals surface area contributed by atoms with Crippen molar-refractivity contribution in [1.82, 2.24) is 19.2 Å². The molecule has 2 aromatic carbocycles. The second kappa shape index (κ2) is 7.65. The van der Waals surface area contributed by atoms with E-state index in [-0.39, 0.29) is 17.3 Å². The molecule has 0 fully saturated rings. The number of hydrogen-bond acceptors (Lipinski definition) is 5. The van der Waals surface area contributed by atoms with Gasteiger partial charge in [0.1, 0.15) is 5.82 Å². The van der Waals surface area contributed by atoms with E-state index in [0.717, 1.165) is 20.9 Å². The van der Waals surface area contributed by atoms with Crippen LogP contribution in [0.1, 0.15) is 21.9 Å². The fraction of sp³-hybridized carbons (Fsp3) is 0.250. The predicted molar refractivity (Wildman–Crippen MR) is 107 cm³/mol. The number of para-hydroxylation sites is 1. The Balaban J connectivity index is 1.80. The van der Waals surface area contributed by atoms with Crippen molar-refractivity contribution in [2.24, 2.45) is 0 Å². The summed E-state index contributed by atoms with van der Waals surface area (Å²) < 4.78 is 25.4. The molecule has 1 heterocycles. The molecule has 0 aliphatic heterocycles. The molecular weight excluding hydrogens is 376 g/mol. The lowest BCUT2D eigenvalue weighted by molar-refractivity contribution is 0.0781. The molecule has 0 saturated carbocycles. The highest BCUT2D eigenvalue weighted by Crippen LogP contribution is 2.17. The van der Waals surface area contributed by atoms with Crippen LogP contribution in [0.2, 0.25) is 0 Å². The highest BCUT2D eigenvalue weighted by molar-refractivity contribution is 7.89. The Morgan fingerprint density at radius 3 is 2.25 bits per heavy atom. The van der Waals surface area contributed by atoms with Gasteiger partial charge < -0.3 is 4.90 Å². The van der Waals surface area contributed by atoms with Crippen molar-refractivity contribution in [3.63, 3.8) is 0 Å². The van der Waals surface area contributed by atoms with Gasteiger partial charge in [-0.1, -0.05) is 18.2 Å². The Labute approximate surface area is 164 Å². The van der Waals surface area contributed by atoms with Crippen LogP contribution in [0.3, 0.4) is 0 Å². The summed E-state index contributed by atoms with van der Waals surface area (Å²) in [4.78, 5) is 23.4. The molecule has 0 N–H and O–H groups in total. The number of aryl methyl sites for hydroxylation is 1. The van der Waals surface area contributed by atoms with Gasteiger partial charge in [0.2, 0.25) is 10.0 Å². The highest BCUT2D eigenvalue weighted by Gasteiger charge is 2.19. The highest BCUT2D eigenvalue weighted by atomic mass is 32.2. The number of fused-ring (bicyclic) bond motifs is 1. The second-order valence-corrected chi connectivity index (χ2v) is 8.87. The molecule has 3 rings (SSSR count). The number of carbonyl (C=O) groups is 1. The van der Waals surface area contributed by atoms with Gasteiger partial charge in [-0.25, -0.2) is 22.7 Å². The molecule has 0 radical (unpaired) electrons. The molecular formula is C20H22N4O3S. The molecule has 28 heavy (non-hydrogen) atoms. The fourth-order valence-corrected chi connectivity index (χ4v) is 3.75. The van der Waals surface area contributed by atoms with E-state index < -0.39 is 10.0 Å². The van der Waals surface area contributed by atoms with Crippen LogP contribution >= 0.6 is 0 Å². The van der Waals surface area contributed by atoms with Gasteiger partial charge in [-0.15, -0.1) is 0 Å². The van der Waals surface area contributed by atoms with Crippen molar-refractivity contribution in [2.75, 3.05) is 21.1 Å². The summed E-state index contributed by atoms with van der Waals surface area (Å²) in [6.45, 7) is 2.17. The number of carbonyl (C=O) groups excluding carboxylic acids is 1. The molecule has 0 unspecified atom stereocenters. The molecule has 0 saturated heterocycles. The van der Waals surface area contributed by atoms with Crippen molar-refractivity contribution < 1.29 is 13.2 Å². The second-order valence-electron chi connectivity index (χ2n) is 6.72. The van der Waals surface area contributed by atoms with Crippen molar-refractivity contribution in [1.29, 1.82) is 0 Å². The average Bonchev–Trinajstić information content (AvgIpc) is 2.67. The number of nitrogens with zero attached hydrogens (tertiary/aromatic N) is 4. The van der Waals surface area contributed by atoms with Gasteiger partial charge in [-0.3, -0.25) is 4.79 Å². The summed E-state index contributed by atoms with van der Waals surface area (Å²) in [5, 5.41) is 0.984. The molecule has 8 heteroatoms. The van der Waals surface area contributed by atoms with Crippen molar-refractivity contribution in [3.05, 3.63) is 65.6 Å². The van der Waals surface area contributed by atoms with Crippen molar-refractivity contribution >= 4 is 26.8 Å². The van der Waals surface area contributed by atoms with E-state index >= 15 is 0 Å². The Morgan fingerprint density at radius 2 is 1.61 bits per heavy atom. The first-order valence-corrected chi connectivity index (χ1v) is 10.1. The van der Waals surface area contributed by atoms with Gasteiger partial charge in [-0.05, 0) is 37.3 Å². The predicted octanol–water partition coefficient (Wildman–Crippen LogP) is 2.46. The van der Waals surface area contributed by atoms with Gasteiger partial charge in [0.05, 0.1) is 17.0 Å². The van der Waals surface area contributed by atoms with Crippen LogP contribution in [0.25, 0.3) is 10.9 Å². The fourth-order valence-electron chi connectivity index (χ4n) is 2.85. The minimum Gasteiger partial charge on any atom is -0.334 e. The maximum Gasteiger partial charge on any atom is 0.254 e. The third-order valence-electron chi connectivity index (χ3n) is 4.45. The minimum atomic E-state index is -3.53. The van der Waals surface area contributed by atoms with E-state index in [9.17, 15) is 13.2 Å². The lowest BCUT2D eigenvalue weighted by Gasteiger charge is -2.17. The monoisotopic (exact) mass is 398 g/mol. The van der Waals surface area contributed by atoms with Gasteiger partial charge >= 0.3 is 0 Å². The number of hydrogen-bond donors (Lipinski definition) is 0. The summed E-state index contributed by atoms with van der Waals surface area (Å²) in [5.74, 6) is 0.321. The smallest absolute Gasteiger partial charge is 0.254 e. The molecule has 146 valence electrons. The van der Waals surface area contributed by atoms with Crippen molar-refractivity contribution in [3.8, 4) is 0 Å². The van der Waals surface area contributed by atoms with Crippen LogP contribution in [-0.2, 0) is 16.6 Å². The maximum absolute atomic E-state index is 12.7. The molecule has 0 aliphatic carbocycles. The van der Waals surface area contributed by atoms with Gasteiger partial charge in [0.15, 0.2) is 0 Å². The SMILES string of the molecule is Cc1nc(CN(C)C(=O)c2ccc(S(=O)(=O)N(C)C)cc2)nc2ccccc12. The number of sulfonamides is 1. The zero-order chi connectivity index (χ0) is 20.5. The Bertz CT molecular complexity index is 1130.